The Morgan fingerprint density at radius 3 is 2.47 bits per heavy atom. The second-order valence-corrected chi connectivity index (χ2v) is 7.90. The van der Waals surface area contributed by atoms with Crippen LogP contribution >= 0.6 is 0 Å². The third-order valence-electron chi connectivity index (χ3n) is 5.43. The summed E-state index contributed by atoms with van der Waals surface area (Å²) in [6.45, 7) is 13.4. The third-order valence-corrected chi connectivity index (χ3v) is 5.43. The van der Waals surface area contributed by atoms with Gasteiger partial charge in [-0.05, 0) is 30.1 Å². The van der Waals surface area contributed by atoms with Crippen molar-refractivity contribution >= 4 is 12.2 Å². The third kappa shape index (κ3) is 10.8. The molecule has 34 heavy (non-hydrogen) atoms. The summed E-state index contributed by atoms with van der Waals surface area (Å²) < 4.78 is 0. The van der Waals surface area contributed by atoms with Gasteiger partial charge in [0.05, 0.1) is 6.42 Å². The van der Waals surface area contributed by atoms with Crippen LogP contribution in [-0.4, -0.2) is 76.3 Å². The van der Waals surface area contributed by atoms with Crippen molar-refractivity contribution in [1.82, 2.24) is 14.8 Å². The quantitative estimate of drug-likeness (QED) is 0.0756. The summed E-state index contributed by atoms with van der Waals surface area (Å²) in [7, 11) is 0. The molecular weight excluding hydrogens is 432 g/mol. The Morgan fingerprint density at radius 1 is 1.21 bits per heavy atom. The normalized spacial score (nSPS) is 16.6. The number of nitrogens with zero attached hydrogens (tertiary/aromatic N) is 4. The molecule has 9 heteroatoms. The highest BCUT2D eigenvalue weighted by atomic mass is 16.5. The lowest BCUT2D eigenvalue weighted by Gasteiger charge is -2.34. The smallest absolute Gasteiger partial charge is 0.227 e. The van der Waals surface area contributed by atoms with Crippen LogP contribution in [0.1, 0.15) is 32.6 Å². The van der Waals surface area contributed by atoms with E-state index in [1.54, 1.807) is 24.4 Å². The SMILES string of the molecule is C=C/C(=C\C=C\N(N)/C=N\N)CC(=O)N1CCN(CC/C=C/C(CCC)=C(\C=C)C(O)O)CC1. The minimum Gasteiger partial charge on any atom is -0.364 e. The lowest BCUT2D eigenvalue weighted by Crippen LogP contribution is -2.48. The van der Waals surface area contributed by atoms with Crippen molar-refractivity contribution in [3.63, 3.8) is 0 Å². The standard InChI is InChI=1S/C25H40N6O3/c1-4-10-22(23(6-3)25(33)34)12-7-8-13-29-15-17-30(18-16-29)24(32)19-21(5-2)11-9-14-31(27)20-28-26/h5-7,9,11-12,14,20,25,33-34H,2-4,8,10,13,15-19,26-27H2,1H3/b12-7+,14-9+,21-11+,23-22+,28-20-. The molecule has 0 aromatic rings. The van der Waals surface area contributed by atoms with Crippen molar-refractivity contribution in [1.29, 1.82) is 0 Å². The number of amides is 1. The van der Waals surface area contributed by atoms with Gasteiger partial charge in [0, 0.05) is 44.5 Å². The number of aliphatic hydroxyl groups is 2. The number of hydrazone groups is 1. The number of rotatable bonds is 14. The van der Waals surface area contributed by atoms with Crippen LogP contribution in [0.4, 0.5) is 0 Å². The second kappa shape index (κ2) is 16.6. The second-order valence-electron chi connectivity index (χ2n) is 7.90. The Hall–Kier alpha value is -2.98. The van der Waals surface area contributed by atoms with Crippen LogP contribution in [0.3, 0.4) is 0 Å². The molecule has 1 rings (SSSR count). The number of carbonyl (C=O) groups is 1. The van der Waals surface area contributed by atoms with Gasteiger partial charge in [0.2, 0.25) is 5.91 Å². The Labute approximate surface area is 203 Å². The minimum absolute atomic E-state index is 0.0704. The number of piperazine rings is 1. The van der Waals surface area contributed by atoms with Crippen molar-refractivity contribution in [2.24, 2.45) is 16.8 Å². The topological polar surface area (TPSA) is 132 Å². The van der Waals surface area contributed by atoms with E-state index in [2.05, 4.69) is 36.2 Å². The van der Waals surface area contributed by atoms with Gasteiger partial charge < -0.3 is 21.0 Å². The van der Waals surface area contributed by atoms with Crippen molar-refractivity contribution in [3.8, 4) is 0 Å². The number of carbonyl (C=O) groups excluding carboxylic acids is 1. The highest BCUT2D eigenvalue weighted by Gasteiger charge is 2.20. The molecule has 1 fully saturated rings. The molecule has 0 unspecified atom stereocenters. The molecule has 0 saturated carbocycles. The number of allylic oxidation sites excluding steroid dienone is 5. The summed E-state index contributed by atoms with van der Waals surface area (Å²) in [6.07, 6.45) is 14.8. The van der Waals surface area contributed by atoms with E-state index in [-0.39, 0.29) is 12.3 Å². The van der Waals surface area contributed by atoms with Crippen LogP contribution in [0, 0.1) is 0 Å². The van der Waals surface area contributed by atoms with Gasteiger partial charge in [-0.3, -0.25) is 14.7 Å². The first-order valence-corrected chi connectivity index (χ1v) is 11.5. The maximum absolute atomic E-state index is 12.7. The fourth-order valence-electron chi connectivity index (χ4n) is 3.57. The zero-order chi connectivity index (χ0) is 25.3. The molecule has 1 heterocycles. The van der Waals surface area contributed by atoms with Gasteiger partial charge in [0.25, 0.3) is 0 Å². The minimum atomic E-state index is -1.51. The van der Waals surface area contributed by atoms with Gasteiger partial charge >= 0.3 is 0 Å². The highest BCUT2D eigenvalue weighted by Crippen LogP contribution is 2.17. The van der Waals surface area contributed by atoms with Gasteiger partial charge in [-0.15, -0.1) is 0 Å². The van der Waals surface area contributed by atoms with Gasteiger partial charge in [-0.1, -0.05) is 56.9 Å². The first-order valence-electron chi connectivity index (χ1n) is 11.5. The average molecular weight is 473 g/mol. The van der Waals surface area contributed by atoms with Gasteiger partial charge in [0.15, 0.2) is 6.29 Å². The van der Waals surface area contributed by atoms with Crippen LogP contribution in [0.5, 0.6) is 0 Å². The van der Waals surface area contributed by atoms with Crippen molar-refractivity contribution in [2.75, 3.05) is 32.7 Å². The number of aliphatic hydroxyl groups excluding tert-OH is 1. The first-order chi connectivity index (χ1) is 16.4. The molecule has 1 amide bonds. The molecule has 0 bridgehead atoms. The van der Waals surface area contributed by atoms with Crippen LogP contribution in [0.2, 0.25) is 0 Å². The molecule has 0 aliphatic carbocycles. The van der Waals surface area contributed by atoms with E-state index < -0.39 is 6.29 Å². The Bertz CT molecular complexity index is 805. The maximum Gasteiger partial charge on any atom is 0.227 e. The fourth-order valence-corrected chi connectivity index (χ4v) is 3.57. The molecule has 1 aliphatic heterocycles. The number of hydrogen-bond donors (Lipinski definition) is 4. The molecule has 0 spiro atoms. The van der Waals surface area contributed by atoms with Crippen molar-refractivity contribution < 1.29 is 15.0 Å². The molecule has 1 aliphatic rings. The number of nitrogens with two attached hydrogens (primary N) is 2. The molecule has 0 atom stereocenters. The predicted molar refractivity (Wildman–Crippen MR) is 138 cm³/mol. The highest BCUT2D eigenvalue weighted by molar-refractivity contribution is 5.79. The monoisotopic (exact) mass is 472 g/mol. The molecule has 0 radical (unpaired) electrons. The van der Waals surface area contributed by atoms with Crippen LogP contribution < -0.4 is 11.7 Å². The van der Waals surface area contributed by atoms with Crippen LogP contribution in [-0.2, 0) is 4.79 Å². The first kappa shape index (κ1) is 29.1. The molecule has 6 N–H and O–H groups in total. The van der Waals surface area contributed by atoms with Gasteiger partial charge in [-0.2, -0.15) is 5.10 Å². The molecule has 188 valence electrons. The summed E-state index contributed by atoms with van der Waals surface area (Å²) in [5.74, 6) is 10.7. The number of hydrazine groups is 1. The maximum atomic E-state index is 12.7. The molecular formula is C25H40N6O3. The van der Waals surface area contributed by atoms with E-state index in [9.17, 15) is 15.0 Å². The van der Waals surface area contributed by atoms with E-state index in [1.807, 2.05) is 11.0 Å². The van der Waals surface area contributed by atoms with E-state index >= 15 is 0 Å². The van der Waals surface area contributed by atoms with Crippen molar-refractivity contribution in [2.45, 2.75) is 38.9 Å². The fraction of sp³-hybridized carbons (Fsp3) is 0.440. The zero-order valence-corrected chi connectivity index (χ0v) is 20.2. The molecule has 0 aromatic heterocycles. The summed E-state index contributed by atoms with van der Waals surface area (Å²) in [4.78, 5) is 16.9. The predicted octanol–water partition coefficient (Wildman–Crippen LogP) is 1.76. The van der Waals surface area contributed by atoms with Gasteiger partial charge in [-0.25, -0.2) is 5.84 Å². The van der Waals surface area contributed by atoms with Crippen molar-refractivity contribution in [3.05, 3.63) is 72.5 Å². The lowest BCUT2D eigenvalue weighted by atomic mass is 10.0. The van der Waals surface area contributed by atoms with E-state index in [4.69, 9.17) is 11.7 Å². The molecule has 1 saturated heterocycles. The Balaban J connectivity index is 2.52. The number of hydrogen-bond acceptors (Lipinski definition) is 7. The zero-order valence-electron chi connectivity index (χ0n) is 20.2. The van der Waals surface area contributed by atoms with E-state index in [0.29, 0.717) is 18.7 Å². The largest absolute Gasteiger partial charge is 0.364 e. The van der Waals surface area contributed by atoms with Gasteiger partial charge in [0.1, 0.15) is 6.34 Å². The summed E-state index contributed by atoms with van der Waals surface area (Å²) in [6, 6.07) is 0. The molecule has 0 aromatic carbocycles. The van der Waals surface area contributed by atoms with E-state index in [0.717, 1.165) is 50.0 Å². The summed E-state index contributed by atoms with van der Waals surface area (Å²) >= 11 is 0. The average Bonchev–Trinajstić information content (AvgIpc) is 2.81. The van der Waals surface area contributed by atoms with Crippen LogP contribution in [0.15, 0.2) is 77.6 Å². The van der Waals surface area contributed by atoms with Crippen LogP contribution in [0.25, 0.3) is 0 Å². The molecule has 9 nitrogen and oxygen atoms in total. The lowest BCUT2D eigenvalue weighted by molar-refractivity contribution is -0.132. The summed E-state index contributed by atoms with van der Waals surface area (Å²) in [5.41, 5.74) is 2.16. The summed E-state index contributed by atoms with van der Waals surface area (Å²) in [5, 5.41) is 23.6. The Kier molecular flexibility index (Phi) is 14.2. The van der Waals surface area contributed by atoms with E-state index in [1.165, 1.54) is 17.4 Å². The Morgan fingerprint density at radius 2 is 1.91 bits per heavy atom.